The summed E-state index contributed by atoms with van der Waals surface area (Å²) in [5.74, 6) is 2.08. The minimum atomic E-state index is 0.339. The third-order valence-corrected chi connectivity index (χ3v) is 3.89. The quantitative estimate of drug-likeness (QED) is 0.623. The second-order valence-electron chi connectivity index (χ2n) is 3.97. The van der Waals surface area contributed by atoms with Crippen LogP contribution in [-0.2, 0) is 0 Å². The number of para-hydroxylation sites is 1. The number of aromatic hydroxyl groups is 1. The molecule has 2 aromatic rings. The van der Waals surface area contributed by atoms with Crippen LogP contribution in [0, 0.1) is 0 Å². The van der Waals surface area contributed by atoms with Gasteiger partial charge in [0, 0.05) is 15.7 Å². The van der Waals surface area contributed by atoms with Gasteiger partial charge in [0.25, 0.3) is 0 Å². The average Bonchev–Trinajstić information content (AvgIpc) is 2.42. The summed E-state index contributed by atoms with van der Waals surface area (Å²) in [5.41, 5.74) is 0. The minimum absolute atomic E-state index is 0.339. The van der Waals surface area contributed by atoms with Crippen molar-refractivity contribution in [1.82, 2.24) is 0 Å². The summed E-state index contributed by atoms with van der Waals surface area (Å²) in [6.07, 6.45) is 0.918. The molecule has 0 heterocycles. The van der Waals surface area contributed by atoms with E-state index >= 15 is 0 Å². The zero-order chi connectivity index (χ0) is 13.5. The van der Waals surface area contributed by atoms with Gasteiger partial charge in [0.05, 0.1) is 6.61 Å². The summed E-state index contributed by atoms with van der Waals surface area (Å²) in [7, 11) is 0. The highest BCUT2D eigenvalue weighted by Gasteiger charge is 2.00. The van der Waals surface area contributed by atoms with Crippen molar-refractivity contribution in [2.24, 2.45) is 0 Å². The van der Waals surface area contributed by atoms with E-state index in [1.54, 1.807) is 17.8 Å². The van der Waals surface area contributed by atoms with Crippen LogP contribution in [0.5, 0.6) is 11.5 Å². The Morgan fingerprint density at radius 2 is 1.79 bits per heavy atom. The maximum Gasteiger partial charge on any atom is 0.129 e. The zero-order valence-electron chi connectivity index (χ0n) is 10.4. The number of benzene rings is 2. The van der Waals surface area contributed by atoms with Crippen molar-refractivity contribution >= 4 is 23.4 Å². The predicted octanol–water partition coefficient (Wildman–Crippen LogP) is 4.61. The van der Waals surface area contributed by atoms with Crippen LogP contribution in [0.3, 0.4) is 0 Å². The Morgan fingerprint density at radius 1 is 1.05 bits per heavy atom. The van der Waals surface area contributed by atoms with E-state index in [1.165, 1.54) is 0 Å². The van der Waals surface area contributed by atoms with Crippen LogP contribution in [0.2, 0.25) is 5.02 Å². The van der Waals surface area contributed by atoms with Crippen LogP contribution in [0.15, 0.2) is 53.4 Å². The zero-order valence-corrected chi connectivity index (χ0v) is 12.0. The number of halogens is 1. The number of thioether (sulfide) groups is 1. The maximum absolute atomic E-state index is 9.61. The molecule has 0 atom stereocenters. The fourth-order valence-electron chi connectivity index (χ4n) is 1.54. The first-order chi connectivity index (χ1) is 9.25. The van der Waals surface area contributed by atoms with Crippen molar-refractivity contribution < 1.29 is 9.84 Å². The Morgan fingerprint density at radius 3 is 2.53 bits per heavy atom. The molecule has 4 heteroatoms. The van der Waals surface area contributed by atoms with Gasteiger partial charge in [-0.1, -0.05) is 23.7 Å². The largest absolute Gasteiger partial charge is 0.507 e. The predicted molar refractivity (Wildman–Crippen MR) is 80.4 cm³/mol. The Labute approximate surface area is 122 Å². The molecule has 0 unspecified atom stereocenters. The van der Waals surface area contributed by atoms with Gasteiger partial charge in [0.2, 0.25) is 0 Å². The molecule has 2 nitrogen and oxygen atoms in total. The Bertz CT molecular complexity index is 514. The van der Waals surface area contributed by atoms with Crippen molar-refractivity contribution in [3.05, 3.63) is 53.6 Å². The summed E-state index contributed by atoms with van der Waals surface area (Å²) < 4.78 is 5.59. The van der Waals surface area contributed by atoms with Crippen molar-refractivity contribution in [2.45, 2.75) is 11.3 Å². The molecule has 0 radical (unpaired) electrons. The topological polar surface area (TPSA) is 29.5 Å². The molecule has 1 N–H and O–H groups in total. The summed E-state index contributed by atoms with van der Waals surface area (Å²) in [4.78, 5) is 0.911. The second-order valence-corrected chi connectivity index (χ2v) is 5.55. The van der Waals surface area contributed by atoms with E-state index in [0.29, 0.717) is 17.4 Å². The van der Waals surface area contributed by atoms with E-state index in [4.69, 9.17) is 16.3 Å². The smallest absolute Gasteiger partial charge is 0.129 e. The lowest BCUT2D eigenvalue weighted by atomic mass is 10.3. The van der Waals surface area contributed by atoms with Crippen molar-refractivity contribution in [3.63, 3.8) is 0 Å². The molecule has 0 aliphatic carbocycles. The highest BCUT2D eigenvalue weighted by atomic mass is 35.5. The van der Waals surface area contributed by atoms with Gasteiger partial charge < -0.3 is 9.84 Å². The molecule has 0 aliphatic heterocycles. The molecule has 0 bridgehead atoms. The van der Waals surface area contributed by atoms with Gasteiger partial charge in [-0.15, -0.1) is 11.8 Å². The molecule has 0 fully saturated rings. The van der Waals surface area contributed by atoms with Crippen LogP contribution >= 0.6 is 23.4 Å². The average molecular weight is 295 g/mol. The van der Waals surface area contributed by atoms with Gasteiger partial charge in [-0.05, 0) is 42.8 Å². The van der Waals surface area contributed by atoms with Crippen molar-refractivity contribution in [1.29, 1.82) is 0 Å². The molecule has 100 valence electrons. The lowest BCUT2D eigenvalue weighted by Crippen LogP contribution is -1.98. The molecular formula is C15H15ClO2S. The number of phenolic OH excluding ortho intramolecular Hbond substituents is 1. The Balaban J connectivity index is 1.67. The molecule has 0 aromatic heterocycles. The third-order valence-electron chi connectivity index (χ3n) is 2.49. The lowest BCUT2D eigenvalue weighted by molar-refractivity contribution is 0.318. The highest BCUT2D eigenvalue weighted by molar-refractivity contribution is 7.99. The normalized spacial score (nSPS) is 10.4. The summed E-state index contributed by atoms with van der Waals surface area (Å²) >= 11 is 7.43. The monoisotopic (exact) mass is 294 g/mol. The standard InChI is InChI=1S/C15H15ClO2S/c16-12-6-8-13(9-7-12)18-10-3-11-19-15-5-2-1-4-14(15)17/h1-2,4-9,17H,3,10-11H2. The third kappa shape index (κ3) is 4.69. The van der Waals surface area contributed by atoms with E-state index in [9.17, 15) is 5.11 Å². The summed E-state index contributed by atoms with van der Waals surface area (Å²) in [6.45, 7) is 0.655. The first kappa shape index (κ1) is 14.1. The van der Waals surface area contributed by atoms with Crippen LogP contribution < -0.4 is 4.74 Å². The molecular weight excluding hydrogens is 280 g/mol. The second kappa shape index (κ2) is 7.31. The van der Waals surface area contributed by atoms with E-state index in [-0.39, 0.29) is 0 Å². The van der Waals surface area contributed by atoms with Crippen LogP contribution in [0.25, 0.3) is 0 Å². The van der Waals surface area contributed by atoms with E-state index < -0.39 is 0 Å². The maximum atomic E-state index is 9.61. The van der Waals surface area contributed by atoms with Crippen molar-refractivity contribution in [2.75, 3.05) is 12.4 Å². The van der Waals surface area contributed by atoms with Crippen LogP contribution in [0.1, 0.15) is 6.42 Å². The van der Waals surface area contributed by atoms with Crippen LogP contribution in [-0.4, -0.2) is 17.5 Å². The number of hydrogen-bond acceptors (Lipinski definition) is 3. The number of rotatable bonds is 6. The first-order valence-corrected chi connectivity index (χ1v) is 7.41. The van der Waals surface area contributed by atoms with E-state index in [1.807, 2.05) is 42.5 Å². The summed E-state index contributed by atoms with van der Waals surface area (Å²) in [6, 6.07) is 14.7. The first-order valence-electron chi connectivity index (χ1n) is 6.05. The molecule has 0 saturated heterocycles. The van der Waals surface area contributed by atoms with E-state index in [2.05, 4.69) is 0 Å². The molecule has 2 aromatic carbocycles. The Hall–Kier alpha value is -1.32. The molecule has 2 rings (SSSR count). The SMILES string of the molecule is Oc1ccccc1SCCCOc1ccc(Cl)cc1. The Kier molecular flexibility index (Phi) is 5.43. The summed E-state index contributed by atoms with van der Waals surface area (Å²) in [5, 5.41) is 10.3. The van der Waals surface area contributed by atoms with Gasteiger partial charge in [-0.25, -0.2) is 0 Å². The molecule has 0 aliphatic rings. The van der Waals surface area contributed by atoms with Gasteiger partial charge in [0.1, 0.15) is 11.5 Å². The fraction of sp³-hybridized carbons (Fsp3) is 0.200. The molecule has 19 heavy (non-hydrogen) atoms. The molecule has 0 spiro atoms. The number of ether oxygens (including phenoxy) is 1. The lowest BCUT2D eigenvalue weighted by Gasteiger charge is -2.06. The van der Waals surface area contributed by atoms with Gasteiger partial charge >= 0.3 is 0 Å². The van der Waals surface area contributed by atoms with Gasteiger partial charge in [0.15, 0.2) is 0 Å². The molecule has 0 saturated carbocycles. The fourth-order valence-corrected chi connectivity index (χ4v) is 2.54. The highest BCUT2D eigenvalue weighted by Crippen LogP contribution is 2.28. The van der Waals surface area contributed by atoms with Crippen molar-refractivity contribution in [3.8, 4) is 11.5 Å². The number of hydrogen-bond donors (Lipinski definition) is 1. The minimum Gasteiger partial charge on any atom is -0.507 e. The van der Waals surface area contributed by atoms with Gasteiger partial charge in [-0.2, -0.15) is 0 Å². The number of phenols is 1. The molecule has 0 amide bonds. The van der Waals surface area contributed by atoms with Gasteiger partial charge in [-0.3, -0.25) is 0 Å². The van der Waals surface area contributed by atoms with E-state index in [0.717, 1.165) is 22.8 Å². The van der Waals surface area contributed by atoms with Crippen LogP contribution in [0.4, 0.5) is 0 Å².